The lowest BCUT2D eigenvalue weighted by Crippen LogP contribution is -2.40. The van der Waals surface area contributed by atoms with Gasteiger partial charge in [-0.2, -0.15) is 10.2 Å². The summed E-state index contributed by atoms with van der Waals surface area (Å²) in [4.78, 5) is 16.0. The molecule has 1 aromatic carbocycles. The minimum absolute atomic E-state index is 0.0727. The van der Waals surface area contributed by atoms with E-state index in [0.29, 0.717) is 42.2 Å². The first-order valence-corrected chi connectivity index (χ1v) is 15.1. The smallest absolute Gasteiger partial charge is 0.276 e. The number of nitrogens with one attached hydrogen (secondary N) is 1. The highest BCUT2D eigenvalue weighted by Crippen LogP contribution is 2.51. The number of pyridine rings is 1. The highest BCUT2D eigenvalue weighted by Gasteiger charge is 2.48. The maximum Gasteiger partial charge on any atom is 0.276 e. The molecule has 9 heteroatoms. The van der Waals surface area contributed by atoms with Gasteiger partial charge in [0, 0.05) is 23.1 Å². The second-order valence-electron chi connectivity index (χ2n) is 12.0. The molecule has 0 spiro atoms. The van der Waals surface area contributed by atoms with Gasteiger partial charge in [0.05, 0.1) is 23.5 Å². The van der Waals surface area contributed by atoms with Crippen LogP contribution in [0.1, 0.15) is 87.4 Å². The van der Waals surface area contributed by atoms with Crippen LogP contribution in [-0.2, 0) is 11.3 Å². The Labute approximate surface area is 240 Å². The SMILES string of the molecule is C[C@@H]1Nc2ncnc3nc(c(C4(C#N)CC4)cc23)OCCCCCCCN2CCC(CC2)C(F)(F)c2cccc1c2. The van der Waals surface area contributed by atoms with Gasteiger partial charge >= 0.3 is 0 Å². The predicted molar refractivity (Wildman–Crippen MR) is 154 cm³/mol. The second-order valence-corrected chi connectivity index (χ2v) is 12.0. The Morgan fingerprint density at radius 1 is 1.02 bits per heavy atom. The van der Waals surface area contributed by atoms with Crippen molar-refractivity contribution in [2.24, 2.45) is 5.92 Å². The topological polar surface area (TPSA) is 87.0 Å². The summed E-state index contributed by atoms with van der Waals surface area (Å²) in [6.07, 6.45) is 9.26. The van der Waals surface area contributed by atoms with Crippen LogP contribution in [0.2, 0.25) is 0 Å². The van der Waals surface area contributed by atoms with Crippen molar-refractivity contribution in [2.75, 3.05) is 31.6 Å². The third-order valence-corrected chi connectivity index (χ3v) is 9.15. The van der Waals surface area contributed by atoms with Crippen LogP contribution in [0.5, 0.6) is 5.88 Å². The number of nitriles is 1. The van der Waals surface area contributed by atoms with Gasteiger partial charge in [0.2, 0.25) is 5.88 Å². The van der Waals surface area contributed by atoms with Gasteiger partial charge in [0.15, 0.2) is 5.65 Å². The molecule has 1 aliphatic carbocycles. The Bertz CT molecular complexity index is 1430. The summed E-state index contributed by atoms with van der Waals surface area (Å²) in [5.41, 5.74) is 1.49. The maximum atomic E-state index is 15.8. The lowest BCUT2D eigenvalue weighted by molar-refractivity contribution is -0.0855. The molecule has 6 aliphatic rings. The van der Waals surface area contributed by atoms with Gasteiger partial charge < -0.3 is 15.0 Å². The predicted octanol–water partition coefficient (Wildman–Crippen LogP) is 6.90. The van der Waals surface area contributed by atoms with Crippen molar-refractivity contribution in [1.82, 2.24) is 19.9 Å². The van der Waals surface area contributed by atoms with Gasteiger partial charge in [-0.05, 0) is 82.8 Å². The summed E-state index contributed by atoms with van der Waals surface area (Å²) < 4.78 is 37.7. The molecule has 7 nitrogen and oxygen atoms in total. The van der Waals surface area contributed by atoms with Gasteiger partial charge in [0.1, 0.15) is 12.1 Å². The number of piperidine rings is 1. The largest absolute Gasteiger partial charge is 0.477 e. The van der Waals surface area contributed by atoms with Crippen molar-refractivity contribution >= 4 is 16.9 Å². The molecule has 1 N–H and O–H groups in total. The van der Waals surface area contributed by atoms with E-state index < -0.39 is 17.3 Å². The molecule has 2 fully saturated rings. The molecule has 1 atom stereocenters. The molecule has 1 saturated carbocycles. The standard InChI is InChI=1S/C32H38F2N6O/c1-22-23-8-7-9-25(18-23)32(33,34)24-10-15-40(16-11-24)14-5-3-2-4-6-17-41-30-27(31(20-35)12-13-31)19-26-28(38-22)36-21-37-29(26)39-30/h7-9,18-19,21-22,24H,2-6,10-17H2,1H3,(H,36,37,38,39)/t22-/m0/s1. The van der Waals surface area contributed by atoms with Crippen molar-refractivity contribution in [3.63, 3.8) is 0 Å². The number of halogens is 2. The van der Waals surface area contributed by atoms with Gasteiger partial charge in [-0.25, -0.2) is 18.7 Å². The first kappa shape index (κ1) is 27.8. The number of anilines is 1. The quantitative estimate of drug-likeness (QED) is 0.346. The number of hydrogen-bond donors (Lipinski definition) is 1. The Kier molecular flexibility index (Phi) is 7.78. The third kappa shape index (κ3) is 5.72. The summed E-state index contributed by atoms with van der Waals surface area (Å²) in [5, 5.41) is 14.1. The second kappa shape index (κ2) is 11.5. The van der Waals surface area contributed by atoms with Crippen molar-refractivity contribution in [3.8, 4) is 11.9 Å². The fourth-order valence-corrected chi connectivity index (χ4v) is 6.30. The fraction of sp³-hybridized carbons (Fsp3) is 0.562. The van der Waals surface area contributed by atoms with Crippen LogP contribution in [0.4, 0.5) is 14.6 Å². The van der Waals surface area contributed by atoms with Gasteiger partial charge in [-0.3, -0.25) is 0 Å². The summed E-state index contributed by atoms with van der Waals surface area (Å²) in [6, 6.07) is 10.9. The lowest BCUT2D eigenvalue weighted by Gasteiger charge is -2.36. The number of ether oxygens (including phenoxy) is 1. The van der Waals surface area contributed by atoms with Crippen LogP contribution < -0.4 is 10.1 Å². The summed E-state index contributed by atoms with van der Waals surface area (Å²) in [7, 11) is 0. The van der Waals surface area contributed by atoms with E-state index in [9.17, 15) is 5.26 Å². The molecular formula is C32H38F2N6O. The highest BCUT2D eigenvalue weighted by atomic mass is 19.3. The van der Waals surface area contributed by atoms with Crippen LogP contribution in [0.15, 0.2) is 36.7 Å². The molecule has 8 bridgehead atoms. The third-order valence-electron chi connectivity index (χ3n) is 9.15. The van der Waals surface area contributed by atoms with Crippen LogP contribution in [0.3, 0.4) is 0 Å². The molecular weight excluding hydrogens is 522 g/mol. The van der Waals surface area contributed by atoms with E-state index in [1.807, 2.05) is 19.1 Å². The molecule has 3 aromatic rings. The van der Waals surface area contributed by atoms with Crippen LogP contribution in [0, 0.1) is 17.2 Å². The van der Waals surface area contributed by atoms with Gasteiger partial charge in [-0.15, -0.1) is 0 Å². The zero-order valence-electron chi connectivity index (χ0n) is 23.7. The minimum Gasteiger partial charge on any atom is -0.477 e. The van der Waals surface area contributed by atoms with E-state index in [2.05, 4.69) is 26.3 Å². The number of benzene rings is 1. The number of aromatic nitrogens is 3. The van der Waals surface area contributed by atoms with Crippen molar-refractivity contribution in [1.29, 1.82) is 5.26 Å². The number of alkyl halides is 2. The van der Waals surface area contributed by atoms with Crippen molar-refractivity contribution < 1.29 is 13.5 Å². The molecule has 9 rings (SSSR count). The monoisotopic (exact) mass is 560 g/mol. The normalized spacial score (nSPS) is 26.1. The lowest BCUT2D eigenvalue weighted by atomic mass is 9.85. The van der Waals surface area contributed by atoms with E-state index in [1.165, 1.54) is 6.33 Å². The highest BCUT2D eigenvalue weighted by molar-refractivity contribution is 5.88. The Balaban J connectivity index is 1.34. The molecule has 41 heavy (non-hydrogen) atoms. The molecule has 7 heterocycles. The Morgan fingerprint density at radius 3 is 2.59 bits per heavy atom. The molecule has 0 radical (unpaired) electrons. The zero-order valence-corrected chi connectivity index (χ0v) is 23.7. The molecule has 5 aliphatic heterocycles. The summed E-state index contributed by atoms with van der Waals surface area (Å²) in [5.74, 6) is -2.51. The van der Waals surface area contributed by atoms with Gasteiger partial charge in [-0.1, -0.05) is 37.5 Å². The van der Waals surface area contributed by atoms with Crippen LogP contribution >= 0.6 is 0 Å². The summed E-state index contributed by atoms with van der Waals surface area (Å²) >= 11 is 0. The van der Waals surface area contributed by atoms with Crippen molar-refractivity contribution in [2.45, 2.75) is 82.1 Å². The van der Waals surface area contributed by atoms with E-state index in [1.54, 1.807) is 18.2 Å². The Morgan fingerprint density at radius 2 is 1.80 bits per heavy atom. The number of rotatable bonds is 1. The Hall–Kier alpha value is -3.38. The summed E-state index contributed by atoms with van der Waals surface area (Å²) in [6.45, 7) is 4.90. The van der Waals surface area contributed by atoms with E-state index in [0.717, 1.165) is 75.7 Å². The number of nitrogens with zero attached hydrogens (tertiary/aromatic N) is 5. The number of hydrogen-bond acceptors (Lipinski definition) is 7. The van der Waals surface area contributed by atoms with Crippen molar-refractivity contribution in [3.05, 3.63) is 53.3 Å². The molecule has 0 unspecified atom stereocenters. The van der Waals surface area contributed by atoms with E-state index >= 15 is 8.78 Å². The zero-order chi connectivity index (χ0) is 28.5. The van der Waals surface area contributed by atoms with Crippen LogP contribution in [-0.4, -0.2) is 46.1 Å². The first-order valence-electron chi connectivity index (χ1n) is 15.1. The molecule has 216 valence electrons. The van der Waals surface area contributed by atoms with Gasteiger partial charge in [0.25, 0.3) is 5.92 Å². The average molecular weight is 561 g/mol. The first-order chi connectivity index (χ1) is 19.9. The maximum absolute atomic E-state index is 15.8. The van der Waals surface area contributed by atoms with E-state index in [4.69, 9.17) is 9.72 Å². The van der Waals surface area contributed by atoms with E-state index in [-0.39, 0.29) is 11.6 Å². The average Bonchev–Trinajstić information content (AvgIpc) is 3.79. The van der Waals surface area contributed by atoms with Crippen LogP contribution in [0.25, 0.3) is 11.0 Å². The fourth-order valence-electron chi connectivity index (χ4n) is 6.30. The minimum atomic E-state index is -2.89. The molecule has 2 aromatic heterocycles. The molecule has 1 saturated heterocycles. The molecule has 0 amide bonds.